The van der Waals surface area contributed by atoms with Gasteiger partial charge in [-0.1, -0.05) is 34.9 Å². The maximum Gasteiger partial charge on any atom is 0.473 e. The van der Waals surface area contributed by atoms with E-state index in [9.17, 15) is 0 Å². The van der Waals surface area contributed by atoms with Crippen molar-refractivity contribution in [2.75, 3.05) is 6.61 Å². The summed E-state index contributed by atoms with van der Waals surface area (Å²) in [7, 11) is 1.69. The van der Waals surface area contributed by atoms with Crippen LogP contribution in [0.2, 0.25) is 0 Å². The van der Waals surface area contributed by atoms with E-state index in [1.807, 2.05) is 6.08 Å². The van der Waals surface area contributed by atoms with Gasteiger partial charge in [-0.2, -0.15) is 0 Å². The standard InChI is InChI=1S/C15H26B2O3/c1-13(2)7-5-8-14(3)9-6-10-15(4)11-12-19-17-20-16-18/h7,9,11,18H,5-6,8,10,12H2,1-4H3. The first-order valence-electron chi connectivity index (χ1n) is 7.05. The van der Waals surface area contributed by atoms with Crippen LogP contribution in [0.4, 0.5) is 0 Å². The lowest BCUT2D eigenvalue weighted by Gasteiger charge is -2.02. The van der Waals surface area contributed by atoms with Crippen LogP contribution in [-0.4, -0.2) is 27.0 Å². The molecule has 0 aromatic rings. The predicted octanol–water partition coefficient (Wildman–Crippen LogP) is 3.50. The summed E-state index contributed by atoms with van der Waals surface area (Å²) in [6.45, 7) is 9.02. The van der Waals surface area contributed by atoms with Gasteiger partial charge in [0.15, 0.2) is 0 Å². The molecule has 1 N–H and O–H groups in total. The van der Waals surface area contributed by atoms with Crippen molar-refractivity contribution in [1.82, 2.24) is 0 Å². The van der Waals surface area contributed by atoms with Crippen LogP contribution in [0, 0.1) is 0 Å². The zero-order valence-corrected chi connectivity index (χ0v) is 13.2. The number of hydrogen-bond donors (Lipinski definition) is 1. The van der Waals surface area contributed by atoms with Crippen molar-refractivity contribution >= 4 is 15.4 Å². The van der Waals surface area contributed by atoms with Crippen LogP contribution in [0.5, 0.6) is 0 Å². The topological polar surface area (TPSA) is 38.7 Å². The molecule has 110 valence electrons. The molecule has 0 aliphatic carbocycles. The highest BCUT2D eigenvalue weighted by atomic mass is 16.6. The van der Waals surface area contributed by atoms with Gasteiger partial charge in [0.1, 0.15) is 0 Å². The van der Waals surface area contributed by atoms with Gasteiger partial charge in [-0.15, -0.1) is 0 Å². The minimum atomic E-state index is 0.461. The molecule has 0 heterocycles. The third-order valence-corrected chi connectivity index (χ3v) is 2.84. The van der Waals surface area contributed by atoms with Crippen LogP contribution in [-0.2, 0) is 9.23 Å². The zero-order valence-electron chi connectivity index (χ0n) is 13.2. The second kappa shape index (κ2) is 13.2. The smallest absolute Gasteiger partial charge is 0.456 e. The van der Waals surface area contributed by atoms with Crippen LogP contribution in [0.15, 0.2) is 34.9 Å². The van der Waals surface area contributed by atoms with Crippen molar-refractivity contribution in [2.24, 2.45) is 0 Å². The van der Waals surface area contributed by atoms with Gasteiger partial charge < -0.3 is 14.3 Å². The van der Waals surface area contributed by atoms with Gasteiger partial charge in [-0.05, 0) is 53.4 Å². The van der Waals surface area contributed by atoms with Crippen LogP contribution in [0.3, 0.4) is 0 Å². The largest absolute Gasteiger partial charge is 0.473 e. The Morgan fingerprint density at radius 3 is 2.15 bits per heavy atom. The van der Waals surface area contributed by atoms with Crippen molar-refractivity contribution in [2.45, 2.75) is 53.4 Å². The number of hydrogen-bond acceptors (Lipinski definition) is 3. The van der Waals surface area contributed by atoms with E-state index in [4.69, 9.17) is 9.68 Å². The molecule has 0 aliphatic rings. The molecule has 0 saturated carbocycles. The molecule has 0 rings (SSSR count). The van der Waals surface area contributed by atoms with E-state index in [1.165, 1.54) is 16.7 Å². The Balaban J connectivity index is 3.74. The summed E-state index contributed by atoms with van der Waals surface area (Å²) in [5.41, 5.74) is 4.13. The Morgan fingerprint density at radius 1 is 0.950 bits per heavy atom. The lowest BCUT2D eigenvalue weighted by molar-refractivity contribution is 0.314. The number of rotatable bonds is 11. The normalized spacial score (nSPS) is 12.2. The lowest BCUT2D eigenvalue weighted by atomic mass is 10.1. The SMILES string of the molecule is CC(C)=CCCC(C)=CCCC(C)=CCO[B]O[B]O. The first kappa shape index (κ1) is 19.2. The molecular weight excluding hydrogens is 250 g/mol. The average molecular weight is 276 g/mol. The second-order valence-electron chi connectivity index (χ2n) is 5.13. The monoisotopic (exact) mass is 276 g/mol. The van der Waals surface area contributed by atoms with E-state index >= 15 is 0 Å². The average Bonchev–Trinajstić information content (AvgIpc) is 2.38. The summed E-state index contributed by atoms with van der Waals surface area (Å²) in [5.74, 6) is 0. The van der Waals surface area contributed by atoms with Gasteiger partial charge >= 0.3 is 15.4 Å². The molecule has 0 amide bonds. The highest BCUT2D eigenvalue weighted by Crippen LogP contribution is 2.11. The van der Waals surface area contributed by atoms with Gasteiger partial charge in [0.05, 0.1) is 0 Å². The molecule has 2 radical (unpaired) electrons. The van der Waals surface area contributed by atoms with Gasteiger partial charge in [-0.25, -0.2) is 0 Å². The van der Waals surface area contributed by atoms with Crippen molar-refractivity contribution < 1.29 is 14.3 Å². The van der Waals surface area contributed by atoms with E-state index in [2.05, 4.69) is 44.4 Å². The van der Waals surface area contributed by atoms with Crippen LogP contribution >= 0.6 is 0 Å². The van der Waals surface area contributed by atoms with Crippen molar-refractivity contribution in [3.8, 4) is 0 Å². The Hall–Kier alpha value is -0.770. The van der Waals surface area contributed by atoms with E-state index in [0.29, 0.717) is 14.3 Å². The Kier molecular flexibility index (Phi) is 12.7. The summed E-state index contributed by atoms with van der Waals surface area (Å²) >= 11 is 0. The zero-order chi connectivity index (χ0) is 15.2. The summed E-state index contributed by atoms with van der Waals surface area (Å²) < 4.78 is 9.43. The van der Waals surface area contributed by atoms with Crippen LogP contribution in [0.1, 0.15) is 53.4 Å². The molecule has 0 atom stereocenters. The van der Waals surface area contributed by atoms with Crippen molar-refractivity contribution in [3.63, 3.8) is 0 Å². The molecule has 20 heavy (non-hydrogen) atoms. The van der Waals surface area contributed by atoms with Crippen molar-refractivity contribution in [3.05, 3.63) is 34.9 Å². The highest BCUT2D eigenvalue weighted by Gasteiger charge is 1.94. The third kappa shape index (κ3) is 13.7. The fraction of sp³-hybridized carbons (Fsp3) is 0.600. The molecule has 0 spiro atoms. The second-order valence-corrected chi connectivity index (χ2v) is 5.13. The molecule has 0 saturated heterocycles. The molecule has 0 aliphatic heterocycles. The lowest BCUT2D eigenvalue weighted by Crippen LogP contribution is -2.07. The Labute approximate surface area is 125 Å². The van der Waals surface area contributed by atoms with Gasteiger partial charge in [0, 0.05) is 6.61 Å². The quantitative estimate of drug-likeness (QED) is 0.356. The van der Waals surface area contributed by atoms with Crippen molar-refractivity contribution in [1.29, 1.82) is 0 Å². The molecule has 0 aromatic heterocycles. The van der Waals surface area contributed by atoms with Gasteiger partial charge in [0.2, 0.25) is 0 Å². The minimum absolute atomic E-state index is 0.461. The number of allylic oxidation sites excluding steroid dienone is 5. The van der Waals surface area contributed by atoms with Crippen LogP contribution < -0.4 is 0 Å². The maximum absolute atomic E-state index is 8.25. The molecule has 0 fully saturated rings. The van der Waals surface area contributed by atoms with E-state index < -0.39 is 0 Å². The molecule has 0 unspecified atom stereocenters. The van der Waals surface area contributed by atoms with E-state index in [1.54, 1.807) is 0 Å². The van der Waals surface area contributed by atoms with Gasteiger partial charge in [-0.3, -0.25) is 0 Å². The molecule has 0 bridgehead atoms. The minimum Gasteiger partial charge on any atom is -0.456 e. The summed E-state index contributed by atoms with van der Waals surface area (Å²) in [6.07, 6.45) is 11.0. The van der Waals surface area contributed by atoms with Crippen LogP contribution in [0.25, 0.3) is 0 Å². The third-order valence-electron chi connectivity index (χ3n) is 2.84. The Morgan fingerprint density at radius 2 is 1.55 bits per heavy atom. The fourth-order valence-corrected chi connectivity index (χ4v) is 1.63. The summed E-state index contributed by atoms with van der Waals surface area (Å²) in [6, 6.07) is 0. The first-order chi connectivity index (χ1) is 9.56. The predicted molar refractivity (Wildman–Crippen MR) is 86.2 cm³/mol. The molecule has 5 heteroatoms. The summed E-state index contributed by atoms with van der Waals surface area (Å²) in [5, 5.41) is 8.25. The highest BCUT2D eigenvalue weighted by molar-refractivity contribution is 6.33. The van der Waals surface area contributed by atoms with E-state index in [0.717, 1.165) is 33.4 Å². The molecular formula is C15H26B2O3. The summed E-state index contributed by atoms with van der Waals surface area (Å²) in [4.78, 5) is 0. The fourth-order valence-electron chi connectivity index (χ4n) is 1.63. The van der Waals surface area contributed by atoms with E-state index in [-0.39, 0.29) is 0 Å². The van der Waals surface area contributed by atoms with Gasteiger partial charge in [0.25, 0.3) is 0 Å². The maximum atomic E-state index is 8.25. The molecule has 3 nitrogen and oxygen atoms in total. The Bertz CT molecular complexity index is 332. The molecule has 0 aromatic carbocycles. The first-order valence-corrected chi connectivity index (χ1v) is 7.05.